The van der Waals surface area contributed by atoms with Crippen LogP contribution in [0.2, 0.25) is 5.02 Å². The van der Waals surface area contributed by atoms with Crippen molar-refractivity contribution in [1.82, 2.24) is 10.6 Å². The van der Waals surface area contributed by atoms with Crippen LogP contribution < -0.4 is 20.7 Å². The highest BCUT2D eigenvalue weighted by Crippen LogP contribution is 2.27. The van der Waals surface area contributed by atoms with Crippen LogP contribution in [0.25, 0.3) is 0 Å². The molecule has 0 aromatic heterocycles. The van der Waals surface area contributed by atoms with E-state index in [1.165, 1.54) is 7.11 Å². The van der Waals surface area contributed by atoms with Gasteiger partial charge in [0, 0.05) is 18.1 Å². The highest BCUT2D eigenvalue weighted by Gasteiger charge is 2.15. The molecule has 8 heteroatoms. The van der Waals surface area contributed by atoms with E-state index in [-0.39, 0.29) is 13.1 Å². The first-order valence-electron chi connectivity index (χ1n) is 7.06. The standard InChI is InChI=1S/C15H22ClN3O4/c1-15(2,3)23-14(21)18-8-7-17-13(20)19-11-9-10(16)5-6-12(11)22-4/h5-6,9H,7-8H2,1-4H3,(H,18,21)(H2,17,19,20). The molecule has 3 N–H and O–H groups in total. The zero-order chi connectivity index (χ0) is 17.5. The van der Waals surface area contributed by atoms with Gasteiger partial charge in [-0.25, -0.2) is 9.59 Å². The van der Waals surface area contributed by atoms with Gasteiger partial charge in [-0.15, -0.1) is 0 Å². The molecule has 0 aliphatic carbocycles. The third-order valence-electron chi connectivity index (χ3n) is 2.49. The average Bonchev–Trinajstić information content (AvgIpc) is 2.42. The number of carbonyl (C=O) groups is 2. The van der Waals surface area contributed by atoms with Crippen LogP contribution in [0.1, 0.15) is 20.8 Å². The number of ether oxygens (including phenoxy) is 2. The number of halogens is 1. The Kier molecular flexibility index (Phi) is 6.96. The molecular formula is C15H22ClN3O4. The van der Waals surface area contributed by atoms with E-state index in [9.17, 15) is 9.59 Å². The van der Waals surface area contributed by atoms with E-state index < -0.39 is 17.7 Å². The molecule has 0 saturated heterocycles. The second-order valence-corrected chi connectivity index (χ2v) is 6.09. The molecule has 0 unspecified atom stereocenters. The average molecular weight is 344 g/mol. The minimum atomic E-state index is -0.558. The lowest BCUT2D eigenvalue weighted by Crippen LogP contribution is -2.39. The van der Waals surface area contributed by atoms with Crippen molar-refractivity contribution in [2.45, 2.75) is 26.4 Å². The van der Waals surface area contributed by atoms with Crippen LogP contribution in [0.5, 0.6) is 5.75 Å². The van der Waals surface area contributed by atoms with Gasteiger partial charge < -0.3 is 25.4 Å². The summed E-state index contributed by atoms with van der Waals surface area (Å²) in [5, 5.41) is 8.25. The summed E-state index contributed by atoms with van der Waals surface area (Å²) in [5.74, 6) is 0.497. The Morgan fingerprint density at radius 3 is 2.43 bits per heavy atom. The molecular weight excluding hydrogens is 322 g/mol. The van der Waals surface area contributed by atoms with Gasteiger partial charge in [0.15, 0.2) is 0 Å². The number of amides is 3. The Morgan fingerprint density at radius 1 is 1.17 bits per heavy atom. The fourth-order valence-corrected chi connectivity index (χ4v) is 1.77. The molecule has 7 nitrogen and oxygen atoms in total. The summed E-state index contributed by atoms with van der Waals surface area (Å²) in [6, 6.07) is 4.46. The third-order valence-corrected chi connectivity index (χ3v) is 2.72. The predicted molar refractivity (Wildman–Crippen MR) is 89.3 cm³/mol. The molecule has 0 radical (unpaired) electrons. The molecule has 1 aromatic rings. The van der Waals surface area contributed by atoms with Gasteiger partial charge in [-0.1, -0.05) is 11.6 Å². The second kappa shape index (κ2) is 8.47. The number of carbonyl (C=O) groups excluding carboxylic acids is 2. The summed E-state index contributed by atoms with van der Waals surface area (Å²) in [4.78, 5) is 23.2. The number of hydrogen-bond donors (Lipinski definition) is 3. The molecule has 1 rings (SSSR count). The highest BCUT2D eigenvalue weighted by atomic mass is 35.5. The van der Waals surface area contributed by atoms with Crippen LogP contribution in [-0.4, -0.2) is 37.9 Å². The number of anilines is 1. The molecule has 1 aromatic carbocycles. The molecule has 0 heterocycles. The first-order chi connectivity index (χ1) is 10.7. The number of alkyl carbamates (subject to hydrolysis) is 1. The molecule has 0 aliphatic heterocycles. The smallest absolute Gasteiger partial charge is 0.407 e. The Hall–Kier alpha value is -2.15. The van der Waals surface area contributed by atoms with Crippen LogP contribution in [0.15, 0.2) is 18.2 Å². The summed E-state index contributed by atoms with van der Waals surface area (Å²) in [7, 11) is 1.50. The number of hydrogen-bond acceptors (Lipinski definition) is 4. The zero-order valence-electron chi connectivity index (χ0n) is 13.7. The van der Waals surface area contributed by atoms with E-state index in [0.717, 1.165) is 0 Å². The van der Waals surface area contributed by atoms with E-state index in [2.05, 4.69) is 16.0 Å². The van der Waals surface area contributed by atoms with E-state index in [4.69, 9.17) is 21.1 Å². The van der Waals surface area contributed by atoms with Crippen molar-refractivity contribution in [2.24, 2.45) is 0 Å². The lowest BCUT2D eigenvalue weighted by Gasteiger charge is -2.19. The number of methoxy groups -OCH3 is 1. The number of benzene rings is 1. The lowest BCUT2D eigenvalue weighted by molar-refractivity contribution is 0.0528. The number of nitrogens with one attached hydrogen (secondary N) is 3. The summed E-state index contributed by atoms with van der Waals surface area (Å²) in [6.07, 6.45) is -0.531. The lowest BCUT2D eigenvalue weighted by atomic mass is 10.2. The maximum absolute atomic E-state index is 11.8. The Bertz CT molecular complexity index is 558. The van der Waals surface area contributed by atoms with E-state index >= 15 is 0 Å². The van der Waals surface area contributed by atoms with Gasteiger partial charge >= 0.3 is 12.1 Å². The normalized spacial score (nSPS) is 10.7. The Morgan fingerprint density at radius 2 is 1.83 bits per heavy atom. The van der Waals surface area contributed by atoms with Gasteiger partial charge in [0.05, 0.1) is 12.8 Å². The molecule has 0 bridgehead atoms. The first-order valence-corrected chi connectivity index (χ1v) is 7.44. The molecule has 0 saturated carbocycles. The highest BCUT2D eigenvalue weighted by molar-refractivity contribution is 6.31. The van der Waals surface area contributed by atoms with Gasteiger partial charge in [-0.2, -0.15) is 0 Å². The minimum absolute atomic E-state index is 0.244. The Labute approximate surface area is 140 Å². The van der Waals surface area contributed by atoms with Crippen LogP contribution in [0.4, 0.5) is 15.3 Å². The largest absolute Gasteiger partial charge is 0.495 e. The van der Waals surface area contributed by atoms with E-state index in [1.807, 2.05) is 0 Å². The summed E-state index contributed by atoms with van der Waals surface area (Å²) < 4.78 is 10.2. The van der Waals surface area contributed by atoms with Crippen molar-refractivity contribution in [2.75, 3.05) is 25.5 Å². The van der Waals surface area contributed by atoms with Crippen LogP contribution in [-0.2, 0) is 4.74 Å². The quantitative estimate of drug-likeness (QED) is 0.717. The van der Waals surface area contributed by atoms with Crippen LogP contribution in [0.3, 0.4) is 0 Å². The first kappa shape index (κ1) is 18.9. The monoisotopic (exact) mass is 343 g/mol. The van der Waals surface area contributed by atoms with Crippen LogP contribution >= 0.6 is 11.6 Å². The molecule has 0 aliphatic rings. The fraction of sp³-hybridized carbons (Fsp3) is 0.467. The second-order valence-electron chi connectivity index (χ2n) is 5.65. The topological polar surface area (TPSA) is 88.7 Å². The Balaban J connectivity index is 2.35. The number of rotatable bonds is 5. The molecule has 23 heavy (non-hydrogen) atoms. The third kappa shape index (κ3) is 7.60. The van der Waals surface area contributed by atoms with Gasteiger partial charge in [0.25, 0.3) is 0 Å². The van der Waals surface area contributed by atoms with Gasteiger partial charge in [0.2, 0.25) is 0 Å². The van der Waals surface area contributed by atoms with Gasteiger partial charge in [0.1, 0.15) is 11.4 Å². The van der Waals surface area contributed by atoms with E-state index in [1.54, 1.807) is 39.0 Å². The fourth-order valence-electron chi connectivity index (χ4n) is 1.60. The zero-order valence-corrected chi connectivity index (χ0v) is 14.4. The molecule has 0 fully saturated rings. The van der Waals surface area contributed by atoms with Crippen molar-refractivity contribution in [3.05, 3.63) is 23.2 Å². The maximum atomic E-state index is 11.8. The van der Waals surface area contributed by atoms with Crippen LogP contribution in [0, 0.1) is 0 Å². The summed E-state index contributed by atoms with van der Waals surface area (Å²) in [6.45, 7) is 5.81. The SMILES string of the molecule is COc1ccc(Cl)cc1NC(=O)NCCNC(=O)OC(C)(C)C. The van der Waals surface area contributed by atoms with Gasteiger partial charge in [-0.05, 0) is 39.0 Å². The van der Waals surface area contributed by atoms with Crippen molar-refractivity contribution in [1.29, 1.82) is 0 Å². The molecule has 0 spiro atoms. The van der Waals surface area contributed by atoms with Crippen molar-refractivity contribution in [3.63, 3.8) is 0 Å². The summed E-state index contributed by atoms with van der Waals surface area (Å²) >= 11 is 5.88. The molecule has 3 amide bonds. The summed E-state index contributed by atoms with van der Waals surface area (Å²) in [5.41, 5.74) is -0.101. The van der Waals surface area contributed by atoms with Crippen molar-refractivity contribution in [3.8, 4) is 5.75 Å². The molecule has 128 valence electrons. The maximum Gasteiger partial charge on any atom is 0.407 e. The molecule has 0 atom stereocenters. The number of urea groups is 1. The van der Waals surface area contributed by atoms with Crippen molar-refractivity contribution < 1.29 is 19.1 Å². The minimum Gasteiger partial charge on any atom is -0.495 e. The van der Waals surface area contributed by atoms with E-state index in [0.29, 0.717) is 16.5 Å². The van der Waals surface area contributed by atoms with Crippen molar-refractivity contribution >= 4 is 29.4 Å². The van der Waals surface area contributed by atoms with Gasteiger partial charge in [-0.3, -0.25) is 0 Å². The predicted octanol–water partition coefficient (Wildman–Crippen LogP) is 2.99.